The molecule has 2 aromatic carbocycles. The van der Waals surface area contributed by atoms with Crippen molar-refractivity contribution in [1.29, 1.82) is 0 Å². The van der Waals surface area contributed by atoms with E-state index in [4.69, 9.17) is 14.2 Å². The first-order valence-corrected chi connectivity index (χ1v) is 14.0. The summed E-state index contributed by atoms with van der Waals surface area (Å²) in [4.78, 5) is 48.1. The largest absolute Gasteiger partial charge is 0.497 e. The number of ether oxygens (including phenoxy) is 3. The van der Waals surface area contributed by atoms with Crippen LogP contribution in [-0.2, 0) is 14.3 Å². The first-order valence-electron chi connectivity index (χ1n) is 13.2. The molecule has 5 rings (SSSR count). The predicted octanol–water partition coefficient (Wildman–Crippen LogP) is 3.33. The number of unbranched alkanes of at least 4 members (excludes halogenated alkanes) is 1. The lowest BCUT2D eigenvalue weighted by Crippen LogP contribution is -2.41. The van der Waals surface area contributed by atoms with Crippen LogP contribution < -0.4 is 29.3 Å². The summed E-state index contributed by atoms with van der Waals surface area (Å²) < 4.78 is 18.2. The average molecular weight is 562 g/mol. The maximum atomic E-state index is 14.3. The minimum Gasteiger partial charge on any atom is -0.497 e. The minimum absolute atomic E-state index is 0.162. The molecule has 208 valence electrons. The molecule has 0 bridgehead atoms. The van der Waals surface area contributed by atoms with Crippen molar-refractivity contribution in [2.75, 3.05) is 32.3 Å². The van der Waals surface area contributed by atoms with E-state index in [1.807, 2.05) is 24.3 Å². The van der Waals surface area contributed by atoms with E-state index in [1.165, 1.54) is 11.7 Å². The Kier molecular flexibility index (Phi) is 7.62. The molecule has 10 heteroatoms. The van der Waals surface area contributed by atoms with Gasteiger partial charge < -0.3 is 19.1 Å². The molecule has 1 amide bonds. The fourth-order valence-corrected chi connectivity index (χ4v) is 6.35. The number of thiazole rings is 1. The second-order valence-electron chi connectivity index (χ2n) is 9.43. The van der Waals surface area contributed by atoms with E-state index in [0.717, 1.165) is 29.9 Å². The zero-order chi connectivity index (χ0) is 28.6. The third-order valence-electron chi connectivity index (χ3n) is 7.11. The Hall–Kier alpha value is -4.18. The maximum absolute atomic E-state index is 14.3. The molecule has 3 heterocycles. The normalized spacial score (nSPS) is 17.4. The Morgan fingerprint density at radius 1 is 1.07 bits per heavy atom. The molecular formula is C30H31N3O6S. The zero-order valence-corrected chi connectivity index (χ0v) is 24.0. The lowest BCUT2D eigenvalue weighted by atomic mass is 9.95. The number of fused-ring (bicyclic) bond motifs is 2. The number of allylic oxidation sites excluding steroid dienone is 1. The fourth-order valence-electron chi connectivity index (χ4n) is 5.22. The number of rotatable bonds is 8. The summed E-state index contributed by atoms with van der Waals surface area (Å²) in [6.45, 7) is 6.24. The van der Waals surface area contributed by atoms with Gasteiger partial charge in [0.2, 0.25) is 0 Å². The second kappa shape index (κ2) is 11.1. The summed E-state index contributed by atoms with van der Waals surface area (Å²) in [6, 6.07) is 11.9. The molecule has 1 aromatic heterocycles. The molecule has 0 N–H and O–H groups in total. The number of amides is 1. The predicted molar refractivity (Wildman–Crippen MR) is 153 cm³/mol. The van der Waals surface area contributed by atoms with Gasteiger partial charge in [0, 0.05) is 23.7 Å². The maximum Gasteiger partial charge on any atom is 0.338 e. The Bertz CT molecular complexity index is 1720. The van der Waals surface area contributed by atoms with Crippen molar-refractivity contribution in [1.82, 2.24) is 4.57 Å². The van der Waals surface area contributed by atoms with Crippen molar-refractivity contribution in [2.45, 2.75) is 39.7 Å². The van der Waals surface area contributed by atoms with Gasteiger partial charge in [0.05, 0.1) is 43.4 Å². The lowest BCUT2D eigenvalue weighted by Gasteiger charge is -2.26. The van der Waals surface area contributed by atoms with Gasteiger partial charge in [-0.1, -0.05) is 42.9 Å². The molecule has 40 heavy (non-hydrogen) atoms. The molecule has 0 fully saturated rings. The number of para-hydroxylation sites is 1. The first kappa shape index (κ1) is 27.4. The van der Waals surface area contributed by atoms with Crippen LogP contribution in [0.15, 0.2) is 63.5 Å². The molecule has 0 aliphatic carbocycles. The van der Waals surface area contributed by atoms with Crippen LogP contribution in [0.1, 0.15) is 50.8 Å². The lowest BCUT2D eigenvalue weighted by molar-refractivity contribution is -0.139. The number of hydrogen-bond acceptors (Lipinski definition) is 8. The second-order valence-corrected chi connectivity index (χ2v) is 10.4. The number of aromatic nitrogens is 1. The van der Waals surface area contributed by atoms with Gasteiger partial charge >= 0.3 is 5.97 Å². The van der Waals surface area contributed by atoms with Crippen molar-refractivity contribution in [3.8, 4) is 11.5 Å². The van der Waals surface area contributed by atoms with E-state index in [1.54, 1.807) is 44.1 Å². The van der Waals surface area contributed by atoms with Gasteiger partial charge in [0.15, 0.2) is 4.80 Å². The number of methoxy groups -OCH3 is 2. The molecule has 0 unspecified atom stereocenters. The Labute approximate surface area is 235 Å². The topological polar surface area (TPSA) is 99.4 Å². The average Bonchev–Trinajstić information content (AvgIpc) is 3.42. The molecule has 0 spiro atoms. The van der Waals surface area contributed by atoms with Crippen LogP contribution in [0.3, 0.4) is 0 Å². The quantitative estimate of drug-likeness (QED) is 0.391. The Morgan fingerprint density at radius 3 is 2.55 bits per heavy atom. The highest BCUT2D eigenvalue weighted by Gasteiger charge is 2.38. The highest BCUT2D eigenvalue weighted by molar-refractivity contribution is 7.07. The van der Waals surface area contributed by atoms with Gasteiger partial charge in [0.1, 0.15) is 22.1 Å². The number of carbonyl (C=O) groups is 2. The number of hydrogen-bond donors (Lipinski definition) is 0. The third-order valence-corrected chi connectivity index (χ3v) is 8.17. The summed E-state index contributed by atoms with van der Waals surface area (Å²) in [5, 5.41) is 0. The number of nitrogens with zero attached hydrogens (tertiary/aromatic N) is 3. The van der Waals surface area contributed by atoms with Crippen molar-refractivity contribution in [2.24, 2.45) is 4.99 Å². The smallest absolute Gasteiger partial charge is 0.338 e. The minimum atomic E-state index is -0.881. The molecule has 2 aliphatic rings. The highest BCUT2D eigenvalue weighted by atomic mass is 32.1. The van der Waals surface area contributed by atoms with Crippen LogP contribution in [0, 0.1) is 0 Å². The molecular weight excluding hydrogens is 530 g/mol. The van der Waals surface area contributed by atoms with Gasteiger partial charge in [0.25, 0.3) is 11.5 Å². The summed E-state index contributed by atoms with van der Waals surface area (Å²) >= 11 is 1.15. The summed E-state index contributed by atoms with van der Waals surface area (Å²) in [6.07, 6.45) is 1.77. The van der Waals surface area contributed by atoms with Crippen molar-refractivity contribution >= 4 is 34.5 Å². The molecule has 9 nitrogen and oxygen atoms in total. The van der Waals surface area contributed by atoms with Gasteiger partial charge in [-0.15, -0.1) is 0 Å². The standard InChI is InChI=1S/C30H31N3O6S/c1-6-8-15-32-21-12-10-9-11-19(21)24(27(32)34)26-28(35)33-25(20-14-13-18(37-4)16-22(20)38-5)23(29(36)39-7-2)17(3)31-30(33)40-26/h9-14,16,25H,6-8,15H2,1-5H3/b26-24+/t25-/m1/s1. The molecule has 1 atom stereocenters. The fraction of sp³-hybridized carbons (Fsp3) is 0.333. The molecule has 0 saturated carbocycles. The van der Waals surface area contributed by atoms with Gasteiger partial charge in [-0.05, 0) is 38.5 Å². The monoisotopic (exact) mass is 561 g/mol. The SMILES string of the molecule is CCCCN1C(=O)/C(=c2/sc3n(c2=O)[C@H](c2ccc(OC)cc2OC)C(C(=O)OCC)=C(C)N=3)c2ccccc21. The van der Waals surface area contributed by atoms with Crippen LogP contribution in [0.2, 0.25) is 0 Å². The van der Waals surface area contributed by atoms with E-state index in [0.29, 0.717) is 45.2 Å². The molecule has 0 saturated heterocycles. The molecule has 2 aliphatic heterocycles. The number of benzene rings is 2. The van der Waals surface area contributed by atoms with Crippen LogP contribution in [0.4, 0.5) is 5.69 Å². The van der Waals surface area contributed by atoms with E-state index in [9.17, 15) is 14.4 Å². The molecule has 3 aromatic rings. The highest BCUT2D eigenvalue weighted by Crippen LogP contribution is 2.38. The van der Waals surface area contributed by atoms with Crippen molar-refractivity contribution in [3.05, 3.63) is 84.5 Å². The van der Waals surface area contributed by atoms with Crippen molar-refractivity contribution in [3.63, 3.8) is 0 Å². The molecule has 0 radical (unpaired) electrons. The zero-order valence-electron chi connectivity index (χ0n) is 23.1. The van der Waals surface area contributed by atoms with Gasteiger partial charge in [-0.2, -0.15) is 0 Å². The van der Waals surface area contributed by atoms with Crippen molar-refractivity contribution < 1.29 is 23.8 Å². The Balaban J connectivity index is 1.81. The number of anilines is 1. The van der Waals surface area contributed by atoms with Crippen LogP contribution in [0.25, 0.3) is 5.57 Å². The van der Waals surface area contributed by atoms with Gasteiger partial charge in [-0.25, -0.2) is 9.79 Å². The van der Waals surface area contributed by atoms with E-state index < -0.39 is 17.6 Å². The van der Waals surface area contributed by atoms with Gasteiger partial charge in [-0.3, -0.25) is 14.2 Å². The Morgan fingerprint density at radius 2 is 1.85 bits per heavy atom. The number of esters is 1. The number of carbonyl (C=O) groups excluding carboxylic acids is 2. The summed E-state index contributed by atoms with van der Waals surface area (Å²) in [7, 11) is 3.07. The van der Waals surface area contributed by atoms with Crippen LogP contribution in [0.5, 0.6) is 11.5 Å². The first-order chi connectivity index (χ1) is 19.4. The van der Waals surface area contributed by atoms with E-state index in [-0.39, 0.29) is 22.6 Å². The summed E-state index contributed by atoms with van der Waals surface area (Å²) in [5.74, 6) is 0.221. The van der Waals surface area contributed by atoms with Crippen LogP contribution >= 0.6 is 11.3 Å². The van der Waals surface area contributed by atoms with E-state index >= 15 is 0 Å². The third kappa shape index (κ3) is 4.42. The summed E-state index contributed by atoms with van der Waals surface area (Å²) in [5.41, 5.74) is 2.69. The van der Waals surface area contributed by atoms with Crippen LogP contribution in [-0.4, -0.2) is 43.8 Å². The van der Waals surface area contributed by atoms with E-state index in [2.05, 4.69) is 11.9 Å².